The average molecular weight is 267 g/mol. The number of hydrogen-bond donors (Lipinski definition) is 2. The molecule has 1 heterocycles. The molecular formula is C13H25N5O. The van der Waals surface area contributed by atoms with Gasteiger partial charge in [-0.3, -0.25) is 9.89 Å². The molecule has 0 aliphatic heterocycles. The normalized spacial score (nSPS) is 12.2. The Balaban J connectivity index is 2.48. The highest BCUT2D eigenvalue weighted by molar-refractivity contribution is 5.90. The summed E-state index contributed by atoms with van der Waals surface area (Å²) in [7, 11) is 2.03. The van der Waals surface area contributed by atoms with Gasteiger partial charge in [0.1, 0.15) is 5.82 Å². The molecule has 0 bridgehead atoms. The van der Waals surface area contributed by atoms with Crippen LogP contribution in [0, 0.1) is 0 Å². The van der Waals surface area contributed by atoms with Crippen LogP contribution in [-0.4, -0.2) is 52.2 Å². The fourth-order valence-corrected chi connectivity index (χ4v) is 1.38. The third-order valence-corrected chi connectivity index (χ3v) is 3.03. The Hall–Kier alpha value is -1.43. The average Bonchev–Trinajstić information content (AvgIpc) is 2.77. The lowest BCUT2D eigenvalue weighted by Crippen LogP contribution is -2.36. The number of nitrogens with one attached hydrogen (secondary N) is 2. The number of aromatic amines is 1. The van der Waals surface area contributed by atoms with Crippen LogP contribution in [0.1, 0.15) is 51.1 Å². The van der Waals surface area contributed by atoms with Crippen molar-refractivity contribution in [1.29, 1.82) is 0 Å². The van der Waals surface area contributed by atoms with E-state index >= 15 is 0 Å². The minimum atomic E-state index is -0.232. The molecule has 2 N–H and O–H groups in total. The molecule has 0 saturated heterocycles. The topological polar surface area (TPSA) is 73.9 Å². The van der Waals surface area contributed by atoms with Crippen LogP contribution in [0.25, 0.3) is 0 Å². The zero-order valence-corrected chi connectivity index (χ0v) is 12.7. The molecule has 108 valence electrons. The molecule has 0 spiro atoms. The molecule has 0 radical (unpaired) electrons. The van der Waals surface area contributed by atoms with Gasteiger partial charge in [-0.15, -0.1) is 5.10 Å². The van der Waals surface area contributed by atoms with E-state index in [1.165, 1.54) is 0 Å². The van der Waals surface area contributed by atoms with Crippen molar-refractivity contribution in [3.63, 3.8) is 0 Å². The summed E-state index contributed by atoms with van der Waals surface area (Å²) in [4.78, 5) is 18.2. The van der Waals surface area contributed by atoms with E-state index < -0.39 is 0 Å². The van der Waals surface area contributed by atoms with Crippen LogP contribution in [0.15, 0.2) is 0 Å². The molecule has 1 aromatic heterocycles. The molecule has 6 nitrogen and oxygen atoms in total. The first-order valence-corrected chi connectivity index (χ1v) is 6.63. The van der Waals surface area contributed by atoms with Crippen molar-refractivity contribution in [2.45, 2.75) is 46.1 Å². The number of likely N-dealkylation sites (N-methyl/N-ethyl adjacent to an activating group) is 1. The second-order valence-electron chi connectivity index (χ2n) is 6.09. The van der Waals surface area contributed by atoms with E-state index in [1.54, 1.807) is 0 Å². The molecule has 0 aliphatic carbocycles. The molecule has 0 saturated carbocycles. The number of hydrogen-bond acceptors (Lipinski definition) is 4. The van der Waals surface area contributed by atoms with Gasteiger partial charge >= 0.3 is 0 Å². The van der Waals surface area contributed by atoms with Crippen molar-refractivity contribution in [3.8, 4) is 0 Å². The van der Waals surface area contributed by atoms with Gasteiger partial charge in [0.2, 0.25) is 5.82 Å². The Kier molecular flexibility index (Phi) is 5.05. The van der Waals surface area contributed by atoms with Crippen LogP contribution >= 0.6 is 0 Å². The zero-order valence-electron chi connectivity index (χ0n) is 12.7. The van der Waals surface area contributed by atoms with Crippen LogP contribution in [-0.2, 0) is 5.41 Å². The Morgan fingerprint density at radius 2 is 2.05 bits per heavy atom. The third-order valence-electron chi connectivity index (χ3n) is 3.03. The fraction of sp³-hybridized carbons (Fsp3) is 0.769. The van der Waals surface area contributed by atoms with Gasteiger partial charge in [-0.2, -0.15) is 0 Å². The number of carbonyl (C=O) groups excluding carboxylic acids is 1. The second-order valence-corrected chi connectivity index (χ2v) is 6.09. The van der Waals surface area contributed by atoms with Crippen LogP contribution in [0.5, 0.6) is 0 Å². The lowest BCUT2D eigenvalue weighted by Gasteiger charge is -2.20. The Labute approximate surface area is 115 Å². The molecule has 0 aromatic carbocycles. The molecule has 6 heteroatoms. The van der Waals surface area contributed by atoms with Crippen LogP contribution in [0.3, 0.4) is 0 Å². The fourth-order valence-electron chi connectivity index (χ4n) is 1.38. The molecule has 0 unspecified atom stereocenters. The first kappa shape index (κ1) is 15.6. The lowest BCUT2D eigenvalue weighted by molar-refractivity contribution is 0.0938. The highest BCUT2D eigenvalue weighted by atomic mass is 16.2. The molecule has 1 amide bonds. The number of H-pyrrole nitrogens is 1. The molecule has 1 aromatic rings. The maximum Gasteiger partial charge on any atom is 0.291 e. The molecule has 0 atom stereocenters. The van der Waals surface area contributed by atoms with E-state index in [0.717, 1.165) is 12.4 Å². The predicted octanol–water partition coefficient (Wildman–Crippen LogP) is 1.17. The number of carbonyl (C=O) groups is 1. The summed E-state index contributed by atoms with van der Waals surface area (Å²) in [5.41, 5.74) is -0.136. The highest BCUT2D eigenvalue weighted by Gasteiger charge is 2.21. The van der Waals surface area contributed by atoms with Gasteiger partial charge < -0.3 is 10.2 Å². The van der Waals surface area contributed by atoms with Gasteiger partial charge in [0.25, 0.3) is 5.91 Å². The minimum absolute atomic E-state index is 0.136. The van der Waals surface area contributed by atoms with Gasteiger partial charge in [-0.1, -0.05) is 20.8 Å². The van der Waals surface area contributed by atoms with E-state index in [0.29, 0.717) is 12.6 Å². The van der Waals surface area contributed by atoms with Crippen LogP contribution < -0.4 is 5.32 Å². The molecule has 0 fully saturated rings. The maximum atomic E-state index is 11.9. The van der Waals surface area contributed by atoms with E-state index in [-0.39, 0.29) is 17.1 Å². The molecule has 1 rings (SSSR count). The van der Waals surface area contributed by atoms with Gasteiger partial charge in [0.05, 0.1) is 0 Å². The van der Waals surface area contributed by atoms with Gasteiger partial charge in [0, 0.05) is 24.5 Å². The van der Waals surface area contributed by atoms with E-state index in [2.05, 4.69) is 39.2 Å². The predicted molar refractivity (Wildman–Crippen MR) is 75.2 cm³/mol. The Morgan fingerprint density at radius 3 is 2.53 bits per heavy atom. The summed E-state index contributed by atoms with van der Waals surface area (Å²) in [6, 6.07) is 0.466. The summed E-state index contributed by atoms with van der Waals surface area (Å²) in [5.74, 6) is 0.693. The number of rotatable bonds is 5. The molecule has 0 aliphatic rings. The van der Waals surface area contributed by atoms with Crippen molar-refractivity contribution in [1.82, 2.24) is 25.4 Å². The van der Waals surface area contributed by atoms with Crippen LogP contribution in [0.2, 0.25) is 0 Å². The maximum absolute atomic E-state index is 11.9. The molecular weight excluding hydrogens is 242 g/mol. The zero-order chi connectivity index (χ0) is 14.6. The number of aromatic nitrogens is 3. The smallest absolute Gasteiger partial charge is 0.291 e. The third kappa shape index (κ3) is 4.63. The molecule has 19 heavy (non-hydrogen) atoms. The number of amides is 1. The summed E-state index contributed by atoms with van der Waals surface area (Å²) in [5, 5.41) is 9.59. The largest absolute Gasteiger partial charge is 0.348 e. The standard InChI is InChI=1S/C13H25N5O/c1-9(2)18(6)8-7-14-11(19)10-15-12(17-16-10)13(3,4)5/h9H,7-8H2,1-6H3,(H,14,19)(H,15,16,17). The van der Waals surface area contributed by atoms with Gasteiger partial charge in [0.15, 0.2) is 0 Å². The first-order chi connectivity index (χ1) is 8.71. The van der Waals surface area contributed by atoms with E-state index in [4.69, 9.17) is 0 Å². The van der Waals surface area contributed by atoms with Gasteiger partial charge in [-0.05, 0) is 20.9 Å². The lowest BCUT2D eigenvalue weighted by atomic mass is 9.96. The van der Waals surface area contributed by atoms with E-state index in [9.17, 15) is 4.79 Å². The Morgan fingerprint density at radius 1 is 1.42 bits per heavy atom. The van der Waals surface area contributed by atoms with Crippen molar-refractivity contribution >= 4 is 5.91 Å². The van der Waals surface area contributed by atoms with E-state index in [1.807, 2.05) is 27.8 Å². The van der Waals surface area contributed by atoms with Crippen molar-refractivity contribution in [3.05, 3.63) is 11.6 Å². The summed E-state index contributed by atoms with van der Waals surface area (Å²) < 4.78 is 0. The summed E-state index contributed by atoms with van der Waals surface area (Å²) in [6.45, 7) is 11.7. The quantitative estimate of drug-likeness (QED) is 0.840. The summed E-state index contributed by atoms with van der Waals surface area (Å²) in [6.07, 6.45) is 0. The van der Waals surface area contributed by atoms with Crippen molar-refractivity contribution in [2.24, 2.45) is 0 Å². The SMILES string of the molecule is CC(C)N(C)CCNC(=O)c1n[nH]c(C(C)(C)C)n1. The van der Waals surface area contributed by atoms with Crippen LogP contribution in [0.4, 0.5) is 0 Å². The van der Waals surface area contributed by atoms with Gasteiger partial charge in [-0.25, -0.2) is 4.98 Å². The number of nitrogens with zero attached hydrogens (tertiary/aromatic N) is 3. The summed E-state index contributed by atoms with van der Waals surface area (Å²) >= 11 is 0. The highest BCUT2D eigenvalue weighted by Crippen LogP contribution is 2.17. The van der Waals surface area contributed by atoms with Crippen molar-refractivity contribution < 1.29 is 4.79 Å². The first-order valence-electron chi connectivity index (χ1n) is 6.63. The monoisotopic (exact) mass is 267 g/mol. The second kappa shape index (κ2) is 6.14. The van der Waals surface area contributed by atoms with Crippen molar-refractivity contribution in [2.75, 3.05) is 20.1 Å². The minimum Gasteiger partial charge on any atom is -0.348 e. The Bertz CT molecular complexity index is 419.